The number of hydrogen-bond donors (Lipinski definition) is 1. The summed E-state index contributed by atoms with van der Waals surface area (Å²) in [6, 6.07) is 4.53. The van der Waals surface area contributed by atoms with E-state index < -0.39 is 47.3 Å². The molecule has 1 aliphatic rings. The number of rotatable bonds is 3. The first-order valence-corrected chi connectivity index (χ1v) is 6.53. The molecule has 22 heavy (non-hydrogen) atoms. The van der Waals surface area contributed by atoms with Crippen molar-refractivity contribution in [2.24, 2.45) is 5.92 Å². The number of alkyl halides is 3. The van der Waals surface area contributed by atoms with Crippen LogP contribution in [0.3, 0.4) is 0 Å². The number of nitrogens with one attached hydrogen (secondary N) is 1. The van der Waals surface area contributed by atoms with Crippen LogP contribution in [0.1, 0.15) is 18.9 Å². The van der Waals surface area contributed by atoms with Gasteiger partial charge in [-0.1, -0.05) is 18.2 Å². The lowest BCUT2D eigenvalue weighted by molar-refractivity contribution is -0.200. The SMILES string of the molecule is CCOC(=O)[C@]1(c2ccccc2F)NC(=O)C[C@H]1C(F)(F)F. The lowest BCUT2D eigenvalue weighted by Crippen LogP contribution is -2.55. The lowest BCUT2D eigenvalue weighted by atomic mass is 9.78. The van der Waals surface area contributed by atoms with Crippen LogP contribution in [0.4, 0.5) is 17.6 Å². The Morgan fingerprint density at radius 1 is 1.41 bits per heavy atom. The van der Waals surface area contributed by atoms with Crippen LogP contribution in [0.2, 0.25) is 0 Å². The van der Waals surface area contributed by atoms with Crippen LogP contribution in [0.25, 0.3) is 0 Å². The quantitative estimate of drug-likeness (QED) is 0.687. The van der Waals surface area contributed by atoms with E-state index in [2.05, 4.69) is 0 Å². The third-order valence-electron chi connectivity index (χ3n) is 3.54. The van der Waals surface area contributed by atoms with Gasteiger partial charge in [0.05, 0.1) is 6.61 Å². The summed E-state index contributed by atoms with van der Waals surface area (Å²) in [7, 11) is 0. The van der Waals surface area contributed by atoms with Crippen molar-refractivity contribution in [3.8, 4) is 0 Å². The van der Waals surface area contributed by atoms with Crippen molar-refractivity contribution in [3.05, 3.63) is 35.6 Å². The number of esters is 1. The van der Waals surface area contributed by atoms with Crippen molar-refractivity contribution < 1.29 is 31.9 Å². The van der Waals surface area contributed by atoms with Crippen LogP contribution in [-0.2, 0) is 19.9 Å². The maximum atomic E-state index is 14.0. The molecule has 2 rings (SSSR count). The summed E-state index contributed by atoms with van der Waals surface area (Å²) in [4.78, 5) is 23.8. The third kappa shape index (κ3) is 2.53. The number of benzene rings is 1. The number of ether oxygens (including phenoxy) is 1. The second-order valence-corrected chi connectivity index (χ2v) is 4.85. The molecule has 0 aliphatic carbocycles. The monoisotopic (exact) mass is 319 g/mol. The maximum Gasteiger partial charge on any atom is 0.395 e. The van der Waals surface area contributed by atoms with Gasteiger partial charge < -0.3 is 10.1 Å². The number of carbonyl (C=O) groups excluding carboxylic acids is 2. The van der Waals surface area contributed by atoms with Gasteiger partial charge in [0.1, 0.15) is 11.7 Å². The first kappa shape index (κ1) is 16.3. The van der Waals surface area contributed by atoms with Gasteiger partial charge in [0.2, 0.25) is 5.91 Å². The minimum absolute atomic E-state index is 0.199. The van der Waals surface area contributed by atoms with Crippen molar-refractivity contribution in [3.63, 3.8) is 0 Å². The van der Waals surface area contributed by atoms with Crippen molar-refractivity contribution in [1.82, 2.24) is 5.32 Å². The van der Waals surface area contributed by atoms with Crippen molar-refractivity contribution in [1.29, 1.82) is 0 Å². The van der Waals surface area contributed by atoms with E-state index in [1.165, 1.54) is 19.1 Å². The molecule has 1 fully saturated rings. The van der Waals surface area contributed by atoms with E-state index in [1.54, 1.807) is 0 Å². The van der Waals surface area contributed by atoms with Gasteiger partial charge in [-0.2, -0.15) is 13.2 Å². The summed E-state index contributed by atoms with van der Waals surface area (Å²) in [5.74, 6) is -5.73. The number of hydrogen-bond acceptors (Lipinski definition) is 3. The number of carbonyl (C=O) groups is 2. The summed E-state index contributed by atoms with van der Waals surface area (Å²) in [6.07, 6.45) is -5.84. The normalized spacial score (nSPS) is 25.0. The molecule has 8 heteroatoms. The lowest BCUT2D eigenvalue weighted by Gasteiger charge is -2.34. The molecule has 1 saturated heterocycles. The molecular formula is C14H13F4NO3. The third-order valence-corrected chi connectivity index (χ3v) is 3.54. The average Bonchev–Trinajstić information content (AvgIpc) is 2.78. The topological polar surface area (TPSA) is 55.4 Å². The van der Waals surface area contributed by atoms with E-state index in [0.29, 0.717) is 0 Å². The zero-order chi connectivity index (χ0) is 16.5. The van der Waals surface area contributed by atoms with Crippen molar-refractivity contribution >= 4 is 11.9 Å². The first-order valence-electron chi connectivity index (χ1n) is 6.53. The molecule has 2 atom stereocenters. The Labute approximate surface area is 123 Å². The summed E-state index contributed by atoms with van der Waals surface area (Å²) < 4.78 is 58.7. The zero-order valence-electron chi connectivity index (χ0n) is 11.5. The highest BCUT2D eigenvalue weighted by molar-refractivity contribution is 5.93. The van der Waals surface area contributed by atoms with Gasteiger partial charge in [-0.05, 0) is 13.0 Å². The minimum Gasteiger partial charge on any atom is -0.464 e. The van der Waals surface area contributed by atoms with Gasteiger partial charge in [-0.25, -0.2) is 9.18 Å². The zero-order valence-corrected chi connectivity index (χ0v) is 11.5. The second-order valence-electron chi connectivity index (χ2n) is 4.85. The Morgan fingerprint density at radius 2 is 2.05 bits per heavy atom. The van der Waals surface area contributed by atoms with E-state index in [9.17, 15) is 27.2 Å². The Kier molecular flexibility index (Phi) is 4.12. The molecule has 1 aromatic rings. The fourth-order valence-electron chi connectivity index (χ4n) is 2.64. The summed E-state index contributed by atoms with van der Waals surface area (Å²) in [5, 5.41) is 1.99. The molecule has 120 valence electrons. The molecule has 0 saturated carbocycles. The molecule has 0 aromatic heterocycles. The predicted octanol–water partition coefficient (Wildman–Crippen LogP) is 2.28. The molecular weight excluding hydrogens is 306 g/mol. The predicted molar refractivity (Wildman–Crippen MR) is 67.0 cm³/mol. The van der Waals surface area contributed by atoms with Gasteiger partial charge in [0.25, 0.3) is 0 Å². The smallest absolute Gasteiger partial charge is 0.395 e. The largest absolute Gasteiger partial charge is 0.464 e. The van der Waals surface area contributed by atoms with Crippen LogP contribution >= 0.6 is 0 Å². The van der Waals surface area contributed by atoms with Gasteiger partial charge in [-0.3, -0.25) is 4.79 Å². The van der Waals surface area contributed by atoms with Crippen LogP contribution in [-0.4, -0.2) is 24.7 Å². The van der Waals surface area contributed by atoms with E-state index in [-0.39, 0.29) is 6.61 Å². The molecule has 0 bridgehead atoms. The molecule has 1 aromatic carbocycles. The van der Waals surface area contributed by atoms with E-state index in [1.807, 2.05) is 5.32 Å². The van der Waals surface area contributed by atoms with Gasteiger partial charge in [-0.15, -0.1) is 0 Å². The molecule has 0 radical (unpaired) electrons. The molecule has 1 heterocycles. The van der Waals surface area contributed by atoms with E-state index in [0.717, 1.165) is 12.1 Å². The second kappa shape index (κ2) is 5.58. The van der Waals surface area contributed by atoms with E-state index >= 15 is 0 Å². The Morgan fingerprint density at radius 3 is 2.59 bits per heavy atom. The Bertz CT molecular complexity index is 602. The number of halogens is 4. The van der Waals surface area contributed by atoms with Crippen molar-refractivity contribution in [2.45, 2.75) is 25.1 Å². The van der Waals surface area contributed by atoms with Crippen LogP contribution in [0.5, 0.6) is 0 Å². The maximum absolute atomic E-state index is 14.0. The van der Waals surface area contributed by atoms with Crippen LogP contribution in [0.15, 0.2) is 24.3 Å². The highest BCUT2D eigenvalue weighted by Gasteiger charge is 2.65. The van der Waals surface area contributed by atoms with Gasteiger partial charge in [0.15, 0.2) is 5.54 Å². The van der Waals surface area contributed by atoms with Gasteiger partial charge in [0, 0.05) is 12.0 Å². The van der Waals surface area contributed by atoms with Crippen LogP contribution in [0, 0.1) is 11.7 Å². The average molecular weight is 319 g/mol. The fourth-order valence-corrected chi connectivity index (χ4v) is 2.64. The summed E-state index contributed by atoms with van der Waals surface area (Å²) >= 11 is 0. The highest BCUT2D eigenvalue weighted by atomic mass is 19.4. The van der Waals surface area contributed by atoms with E-state index in [4.69, 9.17) is 4.74 Å². The molecule has 0 spiro atoms. The standard InChI is InChI=1S/C14H13F4NO3/c1-2-22-12(21)13(8-5-3-4-6-9(8)15)10(14(16,17)18)7-11(20)19-13/h3-6,10H,2,7H2,1H3,(H,19,20)/t10-,13-/m1/s1. The first-order chi connectivity index (χ1) is 10.2. The van der Waals surface area contributed by atoms with Crippen LogP contribution < -0.4 is 5.32 Å². The minimum atomic E-state index is -4.88. The summed E-state index contributed by atoms with van der Waals surface area (Å²) in [5.41, 5.74) is -3.15. The molecule has 1 amide bonds. The Balaban J connectivity index is 2.68. The Hall–Kier alpha value is -2.12. The molecule has 0 unspecified atom stereocenters. The van der Waals surface area contributed by atoms with Gasteiger partial charge >= 0.3 is 12.1 Å². The molecule has 4 nitrogen and oxygen atoms in total. The summed E-state index contributed by atoms with van der Waals surface area (Å²) in [6.45, 7) is 1.21. The molecule has 1 aliphatic heterocycles. The fraction of sp³-hybridized carbons (Fsp3) is 0.429. The molecule has 1 N–H and O–H groups in total. The van der Waals surface area contributed by atoms with Crippen molar-refractivity contribution in [2.75, 3.05) is 6.61 Å². The highest BCUT2D eigenvalue weighted by Crippen LogP contribution is 2.47. The number of amides is 1.